The highest BCUT2D eigenvalue weighted by molar-refractivity contribution is 6.30. The van der Waals surface area contributed by atoms with Crippen LogP contribution in [0, 0.1) is 0 Å². The Morgan fingerprint density at radius 3 is 2.68 bits per heavy atom. The van der Waals surface area contributed by atoms with Gasteiger partial charge in [-0.05, 0) is 61.4 Å². The molecule has 1 aliphatic rings. The quantitative estimate of drug-likeness (QED) is 0.701. The van der Waals surface area contributed by atoms with Gasteiger partial charge in [0.1, 0.15) is 5.75 Å². The number of anilines is 3. The number of nitrogens with one attached hydrogen (secondary N) is 1. The van der Waals surface area contributed by atoms with Gasteiger partial charge in [0.2, 0.25) is 0 Å². The van der Waals surface area contributed by atoms with Gasteiger partial charge in [-0.3, -0.25) is 4.79 Å². The first-order valence-corrected chi connectivity index (χ1v) is 9.37. The van der Waals surface area contributed by atoms with E-state index in [1.54, 1.807) is 30.3 Å². The number of amides is 1. The van der Waals surface area contributed by atoms with Crippen molar-refractivity contribution < 1.29 is 9.53 Å². The van der Waals surface area contributed by atoms with Crippen LogP contribution in [0.3, 0.4) is 0 Å². The highest BCUT2D eigenvalue weighted by atomic mass is 35.5. The Morgan fingerprint density at radius 2 is 1.93 bits per heavy atom. The van der Waals surface area contributed by atoms with Crippen LogP contribution in [0.2, 0.25) is 5.02 Å². The molecule has 7 heteroatoms. The maximum Gasteiger partial charge on any atom is 0.263 e. The van der Waals surface area contributed by atoms with Crippen molar-refractivity contribution >= 4 is 34.8 Å². The maximum absolute atomic E-state index is 12.1. The summed E-state index contributed by atoms with van der Waals surface area (Å²) in [6.45, 7) is 2.03. The molecule has 6 nitrogen and oxygen atoms in total. The molecule has 142 valence electrons. The summed E-state index contributed by atoms with van der Waals surface area (Å²) < 4.78 is 5.43. The monoisotopic (exact) mass is 394 g/mol. The summed E-state index contributed by atoms with van der Waals surface area (Å²) >= 11 is 5.82. The summed E-state index contributed by atoms with van der Waals surface area (Å²) in [7, 11) is 0. The van der Waals surface area contributed by atoms with Crippen LogP contribution in [0.15, 0.2) is 60.7 Å². The number of nitrogens with zero attached hydrogens (tertiary/aromatic N) is 3. The number of hydrogen-bond donors (Lipinski definition) is 1. The number of hydrogen-bond acceptors (Lipinski definition) is 5. The summed E-state index contributed by atoms with van der Waals surface area (Å²) in [6, 6.07) is 19.0. The van der Waals surface area contributed by atoms with Crippen LogP contribution in [-0.4, -0.2) is 28.8 Å². The van der Waals surface area contributed by atoms with Crippen LogP contribution in [0.5, 0.6) is 5.75 Å². The zero-order valence-corrected chi connectivity index (χ0v) is 16.1. The molecule has 0 aliphatic carbocycles. The number of carbonyl (C=O) groups is 1. The minimum Gasteiger partial charge on any atom is -0.484 e. The Hall–Kier alpha value is -3.12. The molecule has 0 radical (unpaired) electrons. The summed E-state index contributed by atoms with van der Waals surface area (Å²) in [5.41, 5.74) is 2.45. The topological polar surface area (TPSA) is 67.4 Å². The first kappa shape index (κ1) is 18.3. The van der Waals surface area contributed by atoms with Crippen molar-refractivity contribution in [3.05, 3.63) is 71.2 Å². The summed E-state index contributed by atoms with van der Waals surface area (Å²) in [5.74, 6) is 1.40. The minimum atomic E-state index is -0.308. The fourth-order valence-electron chi connectivity index (χ4n) is 3.29. The molecule has 4 rings (SSSR count). The largest absolute Gasteiger partial charge is 0.484 e. The lowest BCUT2D eigenvalue weighted by molar-refractivity contribution is -0.118. The van der Waals surface area contributed by atoms with Crippen molar-refractivity contribution in [3.63, 3.8) is 0 Å². The smallest absolute Gasteiger partial charge is 0.263 e. The molecule has 1 atom stereocenters. The van der Waals surface area contributed by atoms with E-state index in [1.165, 1.54) is 5.56 Å². The van der Waals surface area contributed by atoms with Crippen molar-refractivity contribution in [1.29, 1.82) is 0 Å². The van der Waals surface area contributed by atoms with E-state index in [0.29, 0.717) is 22.6 Å². The molecule has 0 saturated heterocycles. The van der Waals surface area contributed by atoms with Crippen LogP contribution < -0.4 is 15.0 Å². The third-order valence-corrected chi connectivity index (χ3v) is 4.81. The second kappa shape index (κ2) is 7.86. The van der Waals surface area contributed by atoms with Gasteiger partial charge in [-0.25, -0.2) is 0 Å². The molecule has 1 amide bonds. The number of fused-ring (bicyclic) bond motifs is 1. The van der Waals surface area contributed by atoms with Crippen LogP contribution in [-0.2, 0) is 11.2 Å². The number of para-hydroxylation sites is 1. The van der Waals surface area contributed by atoms with Crippen LogP contribution in [0.1, 0.15) is 12.5 Å². The van der Waals surface area contributed by atoms with Gasteiger partial charge in [-0.1, -0.05) is 29.8 Å². The van der Waals surface area contributed by atoms with E-state index in [2.05, 4.69) is 39.5 Å². The molecule has 3 aromatic rings. The highest BCUT2D eigenvalue weighted by Gasteiger charge is 2.27. The van der Waals surface area contributed by atoms with E-state index in [4.69, 9.17) is 16.3 Å². The standard InChI is InChI=1S/C21H19ClN4O2/c1-14-12-15-4-2-3-5-18(15)26(14)20-11-10-19(24-25-20)23-21(27)13-28-17-8-6-16(22)7-9-17/h2-11,14H,12-13H2,1H3,(H,23,24,27). The number of rotatable bonds is 5. The zero-order chi connectivity index (χ0) is 19.5. The van der Waals surface area contributed by atoms with Gasteiger partial charge in [0, 0.05) is 16.8 Å². The summed E-state index contributed by atoms with van der Waals surface area (Å²) in [4.78, 5) is 14.2. The van der Waals surface area contributed by atoms with E-state index in [0.717, 1.165) is 17.9 Å². The van der Waals surface area contributed by atoms with Crippen LogP contribution in [0.4, 0.5) is 17.3 Å². The van der Waals surface area contributed by atoms with Gasteiger partial charge in [0.25, 0.3) is 5.91 Å². The van der Waals surface area contributed by atoms with E-state index in [-0.39, 0.29) is 12.5 Å². The Bertz CT molecular complexity index is 976. The van der Waals surface area contributed by atoms with Crippen molar-refractivity contribution in [3.8, 4) is 5.75 Å². The average Bonchev–Trinajstić information content (AvgIpc) is 3.04. The van der Waals surface area contributed by atoms with Gasteiger partial charge in [-0.2, -0.15) is 0 Å². The Morgan fingerprint density at radius 1 is 1.14 bits per heavy atom. The van der Waals surface area contributed by atoms with Gasteiger partial charge in [0.05, 0.1) is 0 Å². The van der Waals surface area contributed by atoms with Crippen molar-refractivity contribution in [2.24, 2.45) is 0 Å². The summed E-state index contributed by atoms with van der Waals surface area (Å²) in [6.07, 6.45) is 0.971. The zero-order valence-electron chi connectivity index (χ0n) is 15.3. The number of halogens is 1. The second-order valence-corrected chi connectivity index (χ2v) is 7.06. The molecule has 1 aliphatic heterocycles. The molecule has 2 heterocycles. The molecule has 0 fully saturated rings. The SMILES string of the molecule is CC1Cc2ccccc2N1c1ccc(NC(=O)COc2ccc(Cl)cc2)nn1. The lowest BCUT2D eigenvalue weighted by Gasteiger charge is -2.23. The lowest BCUT2D eigenvalue weighted by Crippen LogP contribution is -2.25. The lowest BCUT2D eigenvalue weighted by atomic mass is 10.1. The Kier molecular flexibility index (Phi) is 5.12. The van der Waals surface area contributed by atoms with Gasteiger partial charge in [-0.15, -0.1) is 10.2 Å². The average molecular weight is 395 g/mol. The molecule has 2 aromatic carbocycles. The number of benzene rings is 2. The van der Waals surface area contributed by atoms with Crippen LogP contribution in [0.25, 0.3) is 0 Å². The first-order valence-electron chi connectivity index (χ1n) is 8.99. The van der Waals surface area contributed by atoms with Gasteiger partial charge < -0.3 is 15.0 Å². The third kappa shape index (κ3) is 3.92. The molecular weight excluding hydrogens is 376 g/mol. The summed E-state index contributed by atoms with van der Waals surface area (Å²) in [5, 5.41) is 11.7. The second-order valence-electron chi connectivity index (χ2n) is 6.62. The molecule has 0 bridgehead atoms. The molecule has 28 heavy (non-hydrogen) atoms. The van der Waals surface area contributed by atoms with Crippen molar-refractivity contribution in [2.75, 3.05) is 16.8 Å². The third-order valence-electron chi connectivity index (χ3n) is 4.56. The normalized spacial score (nSPS) is 15.2. The van der Waals surface area contributed by atoms with E-state index in [1.807, 2.05) is 18.2 Å². The first-order chi connectivity index (χ1) is 13.6. The number of ether oxygens (including phenoxy) is 1. The molecule has 1 unspecified atom stereocenters. The predicted octanol–water partition coefficient (Wildman–Crippen LogP) is 4.23. The van der Waals surface area contributed by atoms with E-state index in [9.17, 15) is 4.79 Å². The van der Waals surface area contributed by atoms with Gasteiger partial charge in [0.15, 0.2) is 18.2 Å². The number of carbonyl (C=O) groups excluding carboxylic acids is 1. The Balaban J connectivity index is 1.38. The maximum atomic E-state index is 12.1. The van der Waals surface area contributed by atoms with E-state index >= 15 is 0 Å². The molecule has 0 spiro atoms. The van der Waals surface area contributed by atoms with E-state index < -0.39 is 0 Å². The van der Waals surface area contributed by atoms with Crippen molar-refractivity contribution in [1.82, 2.24) is 10.2 Å². The molecular formula is C21H19ClN4O2. The molecule has 0 saturated carbocycles. The molecule has 1 aromatic heterocycles. The highest BCUT2D eigenvalue weighted by Crippen LogP contribution is 2.36. The van der Waals surface area contributed by atoms with Crippen LogP contribution >= 0.6 is 11.6 Å². The predicted molar refractivity (Wildman–Crippen MR) is 109 cm³/mol. The Labute approximate surface area is 168 Å². The fourth-order valence-corrected chi connectivity index (χ4v) is 3.42. The molecule has 1 N–H and O–H groups in total. The number of aromatic nitrogens is 2. The van der Waals surface area contributed by atoms with Crippen molar-refractivity contribution in [2.45, 2.75) is 19.4 Å². The minimum absolute atomic E-state index is 0.123. The fraction of sp³-hybridized carbons (Fsp3) is 0.190. The van der Waals surface area contributed by atoms with Gasteiger partial charge >= 0.3 is 0 Å².